The van der Waals surface area contributed by atoms with E-state index in [2.05, 4.69) is 0 Å². The van der Waals surface area contributed by atoms with Gasteiger partial charge in [0, 0.05) is 0 Å². The Kier molecular flexibility index (Phi) is 3.26. The molecule has 0 aromatic heterocycles. The Balaban J connectivity index is 2.79. The van der Waals surface area contributed by atoms with Gasteiger partial charge in [-0.05, 0) is 24.6 Å². The number of carbonyl (C=O) groups excluding carboxylic acids is 1. The van der Waals surface area contributed by atoms with Gasteiger partial charge in [-0.15, -0.1) is 0 Å². The summed E-state index contributed by atoms with van der Waals surface area (Å²) in [5, 5.41) is 0. The van der Waals surface area contributed by atoms with Crippen LogP contribution in [0.2, 0.25) is 0 Å². The van der Waals surface area contributed by atoms with E-state index in [1.165, 1.54) is 6.08 Å². The molecule has 0 unspecified atom stereocenters. The van der Waals surface area contributed by atoms with Crippen LogP contribution in [0.1, 0.15) is 22.8 Å². The fourth-order valence-corrected chi connectivity index (χ4v) is 0.945. The molecule has 0 aliphatic heterocycles. The first-order valence-corrected chi connectivity index (χ1v) is 4.10. The normalized spacial score (nSPS) is 9.31. The van der Waals surface area contributed by atoms with Gasteiger partial charge in [0.05, 0.1) is 12.2 Å². The first-order chi connectivity index (χ1) is 6.27. The molecule has 2 heteroatoms. The molecule has 0 bridgehead atoms. The summed E-state index contributed by atoms with van der Waals surface area (Å²) >= 11 is 0. The lowest BCUT2D eigenvalue weighted by Crippen LogP contribution is -2.03. The van der Waals surface area contributed by atoms with Crippen LogP contribution in [0.3, 0.4) is 0 Å². The van der Waals surface area contributed by atoms with Crippen LogP contribution >= 0.6 is 0 Å². The molecular weight excluding hydrogens is 164 g/mol. The van der Waals surface area contributed by atoms with E-state index in [0.29, 0.717) is 12.2 Å². The Hall–Kier alpha value is -1.57. The number of esters is 1. The molecule has 1 rings (SSSR count). The third-order valence-corrected chi connectivity index (χ3v) is 1.61. The van der Waals surface area contributed by atoms with Crippen LogP contribution in [0.15, 0.2) is 24.3 Å². The molecule has 67 valence electrons. The molecule has 0 amide bonds. The SMILES string of the molecule is [CH]=Cc1ccc(C(=O)OCC)cc1. The highest BCUT2D eigenvalue weighted by atomic mass is 16.5. The molecule has 0 N–H and O–H groups in total. The Morgan fingerprint density at radius 3 is 2.54 bits per heavy atom. The second-order valence-electron chi connectivity index (χ2n) is 2.51. The lowest BCUT2D eigenvalue weighted by molar-refractivity contribution is 0.0526. The third kappa shape index (κ3) is 2.44. The van der Waals surface area contributed by atoms with Gasteiger partial charge in [-0.3, -0.25) is 0 Å². The van der Waals surface area contributed by atoms with Crippen LogP contribution in [0, 0.1) is 6.58 Å². The molecular formula is C11H11O2. The largest absolute Gasteiger partial charge is 0.462 e. The summed E-state index contributed by atoms with van der Waals surface area (Å²) in [6.07, 6.45) is 1.48. The van der Waals surface area contributed by atoms with Gasteiger partial charge in [0.2, 0.25) is 0 Å². The Morgan fingerprint density at radius 1 is 1.46 bits per heavy atom. The van der Waals surface area contributed by atoms with Crippen molar-refractivity contribution in [3.63, 3.8) is 0 Å². The van der Waals surface area contributed by atoms with Gasteiger partial charge in [-0.1, -0.05) is 24.8 Å². The highest BCUT2D eigenvalue weighted by Gasteiger charge is 2.03. The Morgan fingerprint density at radius 2 is 2.08 bits per heavy atom. The second kappa shape index (κ2) is 4.45. The molecule has 0 heterocycles. The smallest absolute Gasteiger partial charge is 0.338 e. The third-order valence-electron chi connectivity index (χ3n) is 1.61. The average Bonchev–Trinajstić information content (AvgIpc) is 2.18. The maximum atomic E-state index is 11.2. The van der Waals surface area contributed by atoms with Crippen molar-refractivity contribution < 1.29 is 9.53 Å². The summed E-state index contributed by atoms with van der Waals surface area (Å²) in [6, 6.07) is 6.92. The minimum Gasteiger partial charge on any atom is -0.462 e. The topological polar surface area (TPSA) is 26.3 Å². The van der Waals surface area contributed by atoms with Gasteiger partial charge in [-0.2, -0.15) is 0 Å². The number of hydrogen-bond donors (Lipinski definition) is 0. The van der Waals surface area contributed by atoms with Gasteiger partial charge < -0.3 is 4.74 Å². The van der Waals surface area contributed by atoms with Gasteiger partial charge in [0.15, 0.2) is 0 Å². The summed E-state index contributed by atoms with van der Waals surface area (Å²) in [6.45, 7) is 7.46. The molecule has 0 fully saturated rings. The maximum Gasteiger partial charge on any atom is 0.338 e. The standard InChI is InChI=1S/C11H11O2/c1-3-9-5-7-10(8-6-9)11(12)13-4-2/h1,3,5-8H,4H2,2H3. The minimum absolute atomic E-state index is 0.300. The van der Waals surface area contributed by atoms with E-state index in [0.717, 1.165) is 5.56 Å². The summed E-state index contributed by atoms with van der Waals surface area (Å²) in [5.41, 5.74) is 1.43. The van der Waals surface area contributed by atoms with E-state index in [4.69, 9.17) is 11.3 Å². The van der Waals surface area contributed by atoms with Crippen molar-refractivity contribution in [3.8, 4) is 0 Å². The fraction of sp³-hybridized carbons (Fsp3) is 0.182. The Labute approximate surface area is 77.8 Å². The summed E-state index contributed by atoms with van der Waals surface area (Å²) in [5.74, 6) is -0.300. The quantitative estimate of drug-likeness (QED) is 0.659. The van der Waals surface area contributed by atoms with Gasteiger partial charge in [0.1, 0.15) is 0 Å². The molecule has 0 spiro atoms. The van der Waals surface area contributed by atoms with Crippen molar-refractivity contribution in [1.29, 1.82) is 0 Å². The first kappa shape index (κ1) is 9.52. The molecule has 1 aromatic rings. The van der Waals surface area contributed by atoms with Crippen LogP contribution in [0.5, 0.6) is 0 Å². The molecule has 1 aromatic carbocycles. The predicted molar refractivity (Wildman–Crippen MR) is 51.2 cm³/mol. The molecule has 2 nitrogen and oxygen atoms in total. The lowest BCUT2D eigenvalue weighted by atomic mass is 10.1. The van der Waals surface area contributed by atoms with Gasteiger partial charge in [-0.25, -0.2) is 4.79 Å². The second-order valence-corrected chi connectivity index (χ2v) is 2.51. The zero-order valence-electron chi connectivity index (χ0n) is 7.49. The van der Waals surface area contributed by atoms with E-state index in [-0.39, 0.29) is 5.97 Å². The van der Waals surface area contributed by atoms with Crippen molar-refractivity contribution in [2.75, 3.05) is 6.61 Å². The molecule has 1 radical (unpaired) electrons. The molecule has 0 atom stereocenters. The maximum absolute atomic E-state index is 11.2. The van der Waals surface area contributed by atoms with Crippen LogP contribution in [0.25, 0.3) is 6.08 Å². The van der Waals surface area contributed by atoms with Crippen molar-refractivity contribution in [3.05, 3.63) is 42.0 Å². The summed E-state index contributed by atoms with van der Waals surface area (Å²) in [7, 11) is 0. The molecule has 0 saturated carbocycles. The highest BCUT2D eigenvalue weighted by molar-refractivity contribution is 5.89. The average molecular weight is 175 g/mol. The first-order valence-electron chi connectivity index (χ1n) is 4.10. The molecule has 13 heavy (non-hydrogen) atoms. The predicted octanol–water partition coefficient (Wildman–Crippen LogP) is 2.31. The monoisotopic (exact) mass is 175 g/mol. The lowest BCUT2D eigenvalue weighted by Gasteiger charge is -2.01. The number of hydrogen-bond acceptors (Lipinski definition) is 2. The highest BCUT2D eigenvalue weighted by Crippen LogP contribution is 2.06. The number of ether oxygens (including phenoxy) is 1. The van der Waals surface area contributed by atoms with Crippen molar-refractivity contribution in [2.24, 2.45) is 0 Å². The van der Waals surface area contributed by atoms with Crippen LogP contribution in [-0.4, -0.2) is 12.6 Å². The molecule has 0 aliphatic carbocycles. The number of benzene rings is 1. The van der Waals surface area contributed by atoms with E-state index in [1.54, 1.807) is 31.2 Å². The minimum atomic E-state index is -0.300. The van der Waals surface area contributed by atoms with E-state index in [1.807, 2.05) is 0 Å². The van der Waals surface area contributed by atoms with Crippen molar-refractivity contribution >= 4 is 12.0 Å². The van der Waals surface area contributed by atoms with Crippen molar-refractivity contribution in [1.82, 2.24) is 0 Å². The fourth-order valence-electron chi connectivity index (χ4n) is 0.945. The van der Waals surface area contributed by atoms with E-state index in [9.17, 15) is 4.79 Å². The van der Waals surface area contributed by atoms with Crippen LogP contribution < -0.4 is 0 Å². The zero-order chi connectivity index (χ0) is 9.68. The van der Waals surface area contributed by atoms with E-state index < -0.39 is 0 Å². The zero-order valence-corrected chi connectivity index (χ0v) is 7.49. The van der Waals surface area contributed by atoms with Gasteiger partial charge in [0.25, 0.3) is 0 Å². The molecule has 0 aliphatic rings. The number of rotatable bonds is 3. The van der Waals surface area contributed by atoms with Crippen LogP contribution in [0.4, 0.5) is 0 Å². The van der Waals surface area contributed by atoms with Crippen LogP contribution in [-0.2, 0) is 4.74 Å². The van der Waals surface area contributed by atoms with Crippen molar-refractivity contribution in [2.45, 2.75) is 6.92 Å². The summed E-state index contributed by atoms with van der Waals surface area (Å²) < 4.78 is 4.82. The number of carbonyl (C=O) groups is 1. The summed E-state index contributed by atoms with van der Waals surface area (Å²) in [4.78, 5) is 11.2. The molecule has 0 saturated heterocycles. The Bertz CT molecular complexity index is 298. The van der Waals surface area contributed by atoms with E-state index >= 15 is 0 Å². The van der Waals surface area contributed by atoms with Gasteiger partial charge >= 0.3 is 5.97 Å².